The molecule has 34 heavy (non-hydrogen) atoms. The second kappa shape index (κ2) is 10.1. The molecule has 4 N–H and O–H groups in total. The Morgan fingerprint density at radius 1 is 0.618 bits per heavy atom. The van der Waals surface area contributed by atoms with E-state index in [1.165, 1.54) is 19.9 Å². The smallest absolute Gasteiger partial charge is 0.299 e. The summed E-state index contributed by atoms with van der Waals surface area (Å²) >= 11 is 0. The van der Waals surface area contributed by atoms with E-state index in [0.717, 1.165) is 6.07 Å². The van der Waals surface area contributed by atoms with E-state index >= 15 is 0 Å². The zero-order valence-electron chi connectivity index (χ0n) is 18.1. The SMILES string of the molecule is CC(=O)Nc1ccc(Nc2cc(Nc3ccc(NC(C)=O)cc3)c([N+](=O)[O-])cc2[N+](=O)[O-])cc1. The molecular weight excluding hydrogens is 444 g/mol. The Labute approximate surface area is 193 Å². The topological polar surface area (TPSA) is 169 Å². The van der Waals surface area contributed by atoms with Crippen molar-refractivity contribution in [2.45, 2.75) is 13.8 Å². The Hall–Kier alpha value is -5.00. The third kappa shape index (κ3) is 6.03. The summed E-state index contributed by atoms with van der Waals surface area (Å²) in [7, 11) is 0. The van der Waals surface area contributed by atoms with Gasteiger partial charge in [0.2, 0.25) is 11.8 Å². The molecular formula is C22H20N6O6. The molecule has 0 unspecified atom stereocenters. The van der Waals surface area contributed by atoms with Crippen molar-refractivity contribution >= 4 is 57.3 Å². The number of rotatable bonds is 8. The fourth-order valence-electron chi connectivity index (χ4n) is 3.07. The molecule has 0 aliphatic rings. The highest BCUT2D eigenvalue weighted by Crippen LogP contribution is 2.39. The molecule has 12 heteroatoms. The van der Waals surface area contributed by atoms with Crippen molar-refractivity contribution in [2.75, 3.05) is 21.3 Å². The summed E-state index contributed by atoms with van der Waals surface area (Å²) in [4.78, 5) is 44.1. The largest absolute Gasteiger partial charge is 0.350 e. The molecule has 3 rings (SSSR count). The maximum atomic E-state index is 11.6. The van der Waals surface area contributed by atoms with Gasteiger partial charge in [-0.2, -0.15) is 0 Å². The number of hydrogen-bond donors (Lipinski definition) is 4. The van der Waals surface area contributed by atoms with Gasteiger partial charge in [-0.1, -0.05) is 0 Å². The van der Waals surface area contributed by atoms with Crippen molar-refractivity contribution in [1.29, 1.82) is 0 Å². The molecule has 0 aromatic heterocycles. The van der Waals surface area contributed by atoms with Crippen LogP contribution >= 0.6 is 0 Å². The van der Waals surface area contributed by atoms with E-state index in [1.54, 1.807) is 48.5 Å². The Morgan fingerprint density at radius 2 is 0.941 bits per heavy atom. The lowest BCUT2D eigenvalue weighted by molar-refractivity contribution is -0.393. The molecule has 0 radical (unpaired) electrons. The maximum absolute atomic E-state index is 11.6. The third-order valence-corrected chi connectivity index (χ3v) is 4.48. The molecule has 174 valence electrons. The monoisotopic (exact) mass is 464 g/mol. The number of anilines is 6. The predicted molar refractivity (Wildman–Crippen MR) is 128 cm³/mol. The molecule has 2 amide bonds. The van der Waals surface area contributed by atoms with Crippen LogP contribution in [-0.4, -0.2) is 21.7 Å². The normalized spacial score (nSPS) is 10.2. The van der Waals surface area contributed by atoms with Crippen molar-refractivity contribution < 1.29 is 19.4 Å². The van der Waals surface area contributed by atoms with Gasteiger partial charge in [-0.15, -0.1) is 0 Å². The van der Waals surface area contributed by atoms with Crippen LogP contribution in [0.25, 0.3) is 0 Å². The van der Waals surface area contributed by atoms with E-state index in [-0.39, 0.29) is 23.2 Å². The minimum atomic E-state index is -0.715. The molecule has 0 heterocycles. The molecule has 12 nitrogen and oxygen atoms in total. The van der Waals surface area contributed by atoms with Gasteiger partial charge in [-0.25, -0.2) is 0 Å². The fourth-order valence-corrected chi connectivity index (χ4v) is 3.07. The van der Waals surface area contributed by atoms with Crippen LogP contribution in [-0.2, 0) is 9.59 Å². The summed E-state index contributed by atoms with van der Waals surface area (Å²) in [5.74, 6) is -0.486. The number of amides is 2. The minimum absolute atomic E-state index is 0.0280. The Morgan fingerprint density at radius 3 is 1.24 bits per heavy atom. The Kier molecular flexibility index (Phi) is 7.01. The van der Waals surface area contributed by atoms with E-state index in [0.29, 0.717) is 22.7 Å². The van der Waals surface area contributed by atoms with Crippen LogP contribution in [0.4, 0.5) is 45.5 Å². The van der Waals surface area contributed by atoms with E-state index in [2.05, 4.69) is 21.3 Å². The second-order valence-electron chi connectivity index (χ2n) is 7.17. The fraction of sp³-hybridized carbons (Fsp3) is 0.0909. The molecule has 0 spiro atoms. The molecule has 0 aliphatic carbocycles. The average molecular weight is 464 g/mol. The number of nitro groups is 2. The zero-order chi connectivity index (χ0) is 24.8. The van der Waals surface area contributed by atoms with Gasteiger partial charge in [0.25, 0.3) is 11.4 Å². The molecule has 3 aromatic rings. The molecule has 0 saturated heterocycles. The summed E-state index contributed by atoms with van der Waals surface area (Å²) < 4.78 is 0. The van der Waals surface area contributed by atoms with Crippen LogP contribution in [0.3, 0.4) is 0 Å². The zero-order valence-corrected chi connectivity index (χ0v) is 18.1. The summed E-state index contributed by atoms with van der Waals surface area (Å²) in [6.45, 7) is 2.74. The van der Waals surface area contributed by atoms with Crippen molar-refractivity contribution in [3.63, 3.8) is 0 Å². The second-order valence-corrected chi connectivity index (χ2v) is 7.17. The van der Waals surface area contributed by atoms with Gasteiger partial charge in [0.05, 0.1) is 15.9 Å². The van der Waals surface area contributed by atoms with Crippen LogP contribution < -0.4 is 21.3 Å². The maximum Gasteiger partial charge on any atom is 0.299 e. The minimum Gasteiger partial charge on any atom is -0.350 e. The third-order valence-electron chi connectivity index (χ3n) is 4.48. The first-order valence-corrected chi connectivity index (χ1v) is 9.88. The van der Waals surface area contributed by atoms with Crippen molar-refractivity contribution in [1.82, 2.24) is 0 Å². The van der Waals surface area contributed by atoms with Gasteiger partial charge in [-0.05, 0) is 54.6 Å². The molecule has 0 aliphatic heterocycles. The summed E-state index contributed by atoms with van der Waals surface area (Å²) in [5.41, 5.74) is 1.12. The highest BCUT2D eigenvalue weighted by molar-refractivity contribution is 5.90. The van der Waals surface area contributed by atoms with Gasteiger partial charge < -0.3 is 21.3 Å². The number of benzene rings is 3. The first kappa shape index (κ1) is 23.7. The van der Waals surface area contributed by atoms with Crippen LogP contribution in [0, 0.1) is 20.2 Å². The number of nitrogens with one attached hydrogen (secondary N) is 4. The van der Waals surface area contributed by atoms with Gasteiger partial charge >= 0.3 is 0 Å². The van der Waals surface area contributed by atoms with E-state index in [9.17, 15) is 29.8 Å². The van der Waals surface area contributed by atoms with Gasteiger partial charge in [0.15, 0.2) is 0 Å². The number of carbonyl (C=O) groups excluding carboxylic acids is 2. The first-order chi connectivity index (χ1) is 16.1. The number of hydrogen-bond acceptors (Lipinski definition) is 8. The predicted octanol–water partition coefficient (Wildman–Crippen LogP) is 4.91. The summed E-state index contributed by atoms with van der Waals surface area (Å²) in [6.07, 6.45) is 0. The van der Waals surface area contributed by atoms with Gasteiger partial charge in [0, 0.05) is 36.6 Å². The van der Waals surface area contributed by atoms with Crippen molar-refractivity contribution in [3.05, 3.63) is 80.9 Å². The molecule has 0 bridgehead atoms. The van der Waals surface area contributed by atoms with Gasteiger partial charge in [0.1, 0.15) is 11.4 Å². The molecule has 0 saturated carbocycles. The van der Waals surface area contributed by atoms with Crippen LogP contribution in [0.15, 0.2) is 60.7 Å². The summed E-state index contributed by atoms with van der Waals surface area (Å²) in [6, 6.07) is 15.0. The lowest BCUT2D eigenvalue weighted by Gasteiger charge is -2.13. The Balaban J connectivity index is 1.95. The molecule has 3 aromatic carbocycles. The van der Waals surface area contributed by atoms with Crippen LogP contribution in [0.5, 0.6) is 0 Å². The van der Waals surface area contributed by atoms with Crippen molar-refractivity contribution in [3.8, 4) is 0 Å². The number of carbonyl (C=O) groups is 2. The van der Waals surface area contributed by atoms with Gasteiger partial charge in [-0.3, -0.25) is 29.8 Å². The highest BCUT2D eigenvalue weighted by atomic mass is 16.6. The number of nitrogens with zero attached hydrogens (tertiary/aromatic N) is 2. The number of nitro benzene ring substituents is 2. The Bertz CT molecular complexity index is 1160. The van der Waals surface area contributed by atoms with Crippen LogP contribution in [0.2, 0.25) is 0 Å². The molecule has 0 fully saturated rings. The average Bonchev–Trinajstić information content (AvgIpc) is 2.75. The first-order valence-electron chi connectivity index (χ1n) is 9.88. The standard InChI is InChI=1S/C22H20N6O6/c1-13(29)23-15-3-7-17(8-4-15)25-19-11-20(22(28(33)34)12-21(19)27(31)32)26-18-9-5-16(6-10-18)24-14(2)30/h3-12,25-26H,1-2H3,(H,23,29)(H,24,30). The summed E-state index contributed by atoms with van der Waals surface area (Å²) in [5, 5.41) is 34.2. The van der Waals surface area contributed by atoms with E-state index < -0.39 is 21.2 Å². The highest BCUT2D eigenvalue weighted by Gasteiger charge is 2.25. The molecule has 0 atom stereocenters. The van der Waals surface area contributed by atoms with E-state index in [4.69, 9.17) is 0 Å². The quantitative estimate of drug-likeness (QED) is 0.269. The van der Waals surface area contributed by atoms with Crippen LogP contribution in [0.1, 0.15) is 13.8 Å². The lowest BCUT2D eigenvalue weighted by atomic mass is 10.1. The lowest BCUT2D eigenvalue weighted by Crippen LogP contribution is -2.06. The van der Waals surface area contributed by atoms with Crippen molar-refractivity contribution in [2.24, 2.45) is 0 Å². The van der Waals surface area contributed by atoms with E-state index in [1.807, 2.05) is 0 Å².